The molecular formula is C14H20FNO. The van der Waals surface area contributed by atoms with E-state index in [1.54, 1.807) is 12.1 Å². The molecule has 0 aliphatic carbocycles. The summed E-state index contributed by atoms with van der Waals surface area (Å²) in [4.78, 5) is 13.7. The van der Waals surface area contributed by atoms with Crippen LogP contribution in [0.3, 0.4) is 0 Å². The van der Waals surface area contributed by atoms with Crippen molar-refractivity contribution in [3.63, 3.8) is 0 Å². The molecular weight excluding hydrogens is 217 g/mol. The molecule has 1 atom stereocenters. The standard InChI is InChI=1S/C14H20FNO/c1-4-6-14(17)16(5-2)11(3)12-7-9-13(15)10-8-12/h7-11H,4-6H2,1-3H3. The molecule has 1 aromatic carbocycles. The molecule has 0 saturated carbocycles. The summed E-state index contributed by atoms with van der Waals surface area (Å²) in [6, 6.07) is 6.34. The second kappa shape index (κ2) is 6.38. The van der Waals surface area contributed by atoms with Gasteiger partial charge in [0.05, 0.1) is 6.04 Å². The number of nitrogens with zero attached hydrogens (tertiary/aromatic N) is 1. The summed E-state index contributed by atoms with van der Waals surface area (Å²) >= 11 is 0. The number of hydrogen-bond acceptors (Lipinski definition) is 1. The molecule has 0 spiro atoms. The molecule has 0 aliphatic rings. The molecule has 0 aliphatic heterocycles. The lowest BCUT2D eigenvalue weighted by atomic mass is 10.1. The van der Waals surface area contributed by atoms with E-state index in [-0.39, 0.29) is 17.8 Å². The van der Waals surface area contributed by atoms with Crippen molar-refractivity contribution in [1.29, 1.82) is 0 Å². The van der Waals surface area contributed by atoms with Crippen molar-refractivity contribution in [1.82, 2.24) is 4.90 Å². The highest BCUT2D eigenvalue weighted by atomic mass is 19.1. The third-order valence-electron chi connectivity index (χ3n) is 2.94. The van der Waals surface area contributed by atoms with Gasteiger partial charge in [-0.15, -0.1) is 0 Å². The molecule has 0 aromatic heterocycles. The fraction of sp³-hybridized carbons (Fsp3) is 0.500. The number of rotatable bonds is 5. The normalized spacial score (nSPS) is 12.2. The third-order valence-corrected chi connectivity index (χ3v) is 2.94. The summed E-state index contributed by atoms with van der Waals surface area (Å²) < 4.78 is 12.8. The minimum Gasteiger partial charge on any atom is -0.336 e. The van der Waals surface area contributed by atoms with Crippen molar-refractivity contribution in [3.05, 3.63) is 35.6 Å². The maximum atomic E-state index is 12.8. The highest BCUT2D eigenvalue weighted by Gasteiger charge is 2.18. The maximum Gasteiger partial charge on any atom is 0.223 e. The second-order valence-corrected chi connectivity index (χ2v) is 4.16. The summed E-state index contributed by atoms with van der Waals surface area (Å²) in [5.74, 6) is -0.0873. The number of hydrogen-bond donors (Lipinski definition) is 0. The van der Waals surface area contributed by atoms with Gasteiger partial charge in [0, 0.05) is 13.0 Å². The number of amides is 1. The molecule has 2 nitrogen and oxygen atoms in total. The number of halogens is 1. The largest absolute Gasteiger partial charge is 0.336 e. The number of carbonyl (C=O) groups is 1. The fourth-order valence-corrected chi connectivity index (χ4v) is 1.94. The van der Waals surface area contributed by atoms with Crippen LogP contribution in [0.25, 0.3) is 0 Å². The Labute approximate surface area is 102 Å². The number of benzene rings is 1. The van der Waals surface area contributed by atoms with Gasteiger partial charge >= 0.3 is 0 Å². The Morgan fingerprint density at radius 1 is 1.29 bits per heavy atom. The Morgan fingerprint density at radius 3 is 2.35 bits per heavy atom. The molecule has 0 N–H and O–H groups in total. The van der Waals surface area contributed by atoms with E-state index in [1.165, 1.54) is 12.1 Å². The first kappa shape index (κ1) is 13.7. The Hall–Kier alpha value is -1.38. The Morgan fingerprint density at radius 2 is 1.88 bits per heavy atom. The molecule has 3 heteroatoms. The van der Waals surface area contributed by atoms with Crippen LogP contribution in [0, 0.1) is 5.82 Å². The highest BCUT2D eigenvalue weighted by molar-refractivity contribution is 5.76. The van der Waals surface area contributed by atoms with Gasteiger partial charge in [0.2, 0.25) is 5.91 Å². The van der Waals surface area contributed by atoms with Crippen LogP contribution in [0.4, 0.5) is 4.39 Å². The lowest BCUT2D eigenvalue weighted by Gasteiger charge is -2.28. The molecule has 1 rings (SSSR count). The molecule has 0 fully saturated rings. The first-order chi connectivity index (χ1) is 8.10. The van der Waals surface area contributed by atoms with Gasteiger partial charge in [-0.1, -0.05) is 19.1 Å². The van der Waals surface area contributed by atoms with Crippen LogP contribution in [-0.4, -0.2) is 17.4 Å². The molecule has 17 heavy (non-hydrogen) atoms. The van der Waals surface area contributed by atoms with Crippen LogP contribution in [0.15, 0.2) is 24.3 Å². The summed E-state index contributed by atoms with van der Waals surface area (Å²) in [5.41, 5.74) is 0.970. The minimum absolute atomic E-state index is 0.000324. The van der Waals surface area contributed by atoms with Gasteiger partial charge in [0.1, 0.15) is 5.82 Å². The summed E-state index contributed by atoms with van der Waals surface area (Å²) in [5, 5.41) is 0. The van der Waals surface area contributed by atoms with E-state index in [9.17, 15) is 9.18 Å². The zero-order valence-corrected chi connectivity index (χ0v) is 10.7. The first-order valence-electron chi connectivity index (χ1n) is 6.15. The maximum absolute atomic E-state index is 12.8. The molecule has 1 aromatic rings. The van der Waals surface area contributed by atoms with E-state index < -0.39 is 0 Å². The molecule has 1 amide bonds. The highest BCUT2D eigenvalue weighted by Crippen LogP contribution is 2.21. The van der Waals surface area contributed by atoms with Crippen molar-refractivity contribution in [2.75, 3.05) is 6.54 Å². The van der Waals surface area contributed by atoms with E-state index in [1.807, 2.05) is 25.7 Å². The molecule has 1 unspecified atom stereocenters. The third kappa shape index (κ3) is 3.55. The van der Waals surface area contributed by atoms with Crippen LogP contribution in [0.5, 0.6) is 0 Å². The lowest BCUT2D eigenvalue weighted by molar-refractivity contribution is -0.133. The van der Waals surface area contributed by atoms with Gasteiger partial charge in [0.25, 0.3) is 0 Å². The topological polar surface area (TPSA) is 20.3 Å². The van der Waals surface area contributed by atoms with Crippen molar-refractivity contribution in [2.45, 2.75) is 39.7 Å². The van der Waals surface area contributed by atoms with Gasteiger partial charge in [-0.3, -0.25) is 4.79 Å². The van der Waals surface area contributed by atoms with Crippen molar-refractivity contribution >= 4 is 5.91 Å². The van der Waals surface area contributed by atoms with E-state index in [2.05, 4.69) is 0 Å². The summed E-state index contributed by atoms with van der Waals surface area (Å²) in [6.07, 6.45) is 1.42. The van der Waals surface area contributed by atoms with Crippen LogP contribution in [0.2, 0.25) is 0 Å². The monoisotopic (exact) mass is 237 g/mol. The predicted octanol–water partition coefficient (Wildman–Crippen LogP) is 3.54. The van der Waals surface area contributed by atoms with E-state index >= 15 is 0 Å². The first-order valence-corrected chi connectivity index (χ1v) is 6.15. The number of carbonyl (C=O) groups excluding carboxylic acids is 1. The van der Waals surface area contributed by atoms with Crippen LogP contribution < -0.4 is 0 Å². The van der Waals surface area contributed by atoms with Gasteiger partial charge in [-0.25, -0.2) is 4.39 Å². The van der Waals surface area contributed by atoms with Crippen LogP contribution in [-0.2, 0) is 4.79 Å². The second-order valence-electron chi connectivity index (χ2n) is 4.16. The quantitative estimate of drug-likeness (QED) is 0.767. The lowest BCUT2D eigenvalue weighted by Crippen LogP contribution is -2.33. The molecule has 94 valence electrons. The average molecular weight is 237 g/mol. The smallest absolute Gasteiger partial charge is 0.223 e. The van der Waals surface area contributed by atoms with E-state index in [0.29, 0.717) is 13.0 Å². The van der Waals surface area contributed by atoms with Gasteiger partial charge < -0.3 is 4.90 Å². The van der Waals surface area contributed by atoms with Crippen molar-refractivity contribution < 1.29 is 9.18 Å². The Kier molecular flexibility index (Phi) is 5.13. The molecule has 0 bridgehead atoms. The van der Waals surface area contributed by atoms with Crippen LogP contribution in [0.1, 0.15) is 45.2 Å². The SMILES string of the molecule is CCCC(=O)N(CC)C(C)c1ccc(F)cc1. The summed E-state index contributed by atoms with van der Waals surface area (Å²) in [7, 11) is 0. The van der Waals surface area contributed by atoms with Gasteiger partial charge in [-0.05, 0) is 38.0 Å². The molecule has 0 heterocycles. The zero-order chi connectivity index (χ0) is 12.8. The fourth-order valence-electron chi connectivity index (χ4n) is 1.94. The van der Waals surface area contributed by atoms with Gasteiger partial charge in [-0.2, -0.15) is 0 Å². The Balaban J connectivity index is 2.81. The van der Waals surface area contributed by atoms with E-state index in [4.69, 9.17) is 0 Å². The predicted molar refractivity (Wildman–Crippen MR) is 67.1 cm³/mol. The molecule has 0 radical (unpaired) electrons. The van der Waals surface area contributed by atoms with Crippen LogP contribution >= 0.6 is 0 Å². The van der Waals surface area contributed by atoms with Crippen molar-refractivity contribution in [3.8, 4) is 0 Å². The van der Waals surface area contributed by atoms with Gasteiger partial charge in [0.15, 0.2) is 0 Å². The Bertz CT molecular complexity index is 361. The minimum atomic E-state index is -0.246. The zero-order valence-electron chi connectivity index (χ0n) is 10.7. The van der Waals surface area contributed by atoms with Crippen molar-refractivity contribution in [2.24, 2.45) is 0 Å². The summed E-state index contributed by atoms with van der Waals surface area (Å²) in [6.45, 7) is 6.61. The van der Waals surface area contributed by atoms with E-state index in [0.717, 1.165) is 12.0 Å². The average Bonchev–Trinajstić information content (AvgIpc) is 2.31. The molecule has 0 saturated heterocycles.